The summed E-state index contributed by atoms with van der Waals surface area (Å²) in [6.45, 7) is 0.656. The highest BCUT2D eigenvalue weighted by Gasteiger charge is 2.17. The molecule has 1 heterocycles. The highest BCUT2D eigenvalue weighted by Crippen LogP contribution is 2.27. The van der Waals surface area contributed by atoms with Gasteiger partial charge in [0.1, 0.15) is 5.52 Å². The van der Waals surface area contributed by atoms with Crippen molar-refractivity contribution in [3.05, 3.63) is 59.1 Å². The van der Waals surface area contributed by atoms with E-state index < -0.39 is 0 Å². The third kappa shape index (κ3) is 3.08. The number of nitrogens with one attached hydrogen (secondary N) is 1. The lowest BCUT2D eigenvalue weighted by Gasteiger charge is -2.25. The Morgan fingerprint density at radius 1 is 1.14 bits per heavy atom. The fourth-order valence-electron chi connectivity index (χ4n) is 2.45. The van der Waals surface area contributed by atoms with Crippen molar-refractivity contribution in [3.8, 4) is 0 Å². The molecule has 4 nitrogen and oxygen atoms in total. The molecule has 0 radical (unpaired) electrons. The zero-order valence-corrected chi connectivity index (χ0v) is 13.3. The maximum Gasteiger partial charge on any atom is 0.295 e. The van der Waals surface area contributed by atoms with Crippen molar-refractivity contribution in [1.82, 2.24) is 9.88 Å². The van der Waals surface area contributed by atoms with E-state index in [2.05, 4.69) is 15.2 Å². The van der Waals surface area contributed by atoms with E-state index in [0.717, 1.165) is 21.7 Å². The van der Waals surface area contributed by atoms with Gasteiger partial charge in [-0.25, -0.2) is 0 Å². The molecule has 114 valence electrons. The maximum absolute atomic E-state index is 6.32. The van der Waals surface area contributed by atoms with Gasteiger partial charge in [-0.05, 0) is 37.9 Å². The Bertz CT molecular complexity index is 736. The van der Waals surface area contributed by atoms with Gasteiger partial charge in [0.2, 0.25) is 0 Å². The molecule has 1 atom stereocenters. The highest BCUT2D eigenvalue weighted by molar-refractivity contribution is 6.31. The fourth-order valence-corrected chi connectivity index (χ4v) is 2.71. The van der Waals surface area contributed by atoms with E-state index in [1.54, 1.807) is 0 Å². The maximum atomic E-state index is 6.32. The summed E-state index contributed by atoms with van der Waals surface area (Å²) in [6.07, 6.45) is 0. The van der Waals surface area contributed by atoms with Gasteiger partial charge in [-0.2, -0.15) is 4.98 Å². The zero-order chi connectivity index (χ0) is 15.5. The van der Waals surface area contributed by atoms with Gasteiger partial charge in [0.15, 0.2) is 5.58 Å². The molecule has 3 aromatic rings. The number of likely N-dealkylation sites (N-methyl/N-ethyl adjacent to an activating group) is 1. The molecule has 0 saturated carbocycles. The average molecular weight is 316 g/mol. The third-order valence-electron chi connectivity index (χ3n) is 3.63. The predicted molar refractivity (Wildman–Crippen MR) is 90.4 cm³/mol. The Labute approximate surface area is 134 Å². The first-order valence-corrected chi connectivity index (χ1v) is 7.53. The van der Waals surface area contributed by atoms with E-state index in [4.69, 9.17) is 16.0 Å². The van der Waals surface area contributed by atoms with Crippen LogP contribution in [0.2, 0.25) is 5.02 Å². The summed E-state index contributed by atoms with van der Waals surface area (Å²) in [5.41, 5.74) is 2.71. The van der Waals surface area contributed by atoms with Gasteiger partial charge in [-0.15, -0.1) is 0 Å². The first-order chi connectivity index (χ1) is 10.6. The van der Waals surface area contributed by atoms with Crippen molar-refractivity contribution >= 4 is 28.7 Å². The summed E-state index contributed by atoms with van der Waals surface area (Å²) in [5.74, 6) is 0. The molecule has 3 rings (SSSR count). The van der Waals surface area contributed by atoms with Gasteiger partial charge in [-0.3, -0.25) is 0 Å². The number of hydrogen-bond acceptors (Lipinski definition) is 4. The number of para-hydroxylation sites is 2. The summed E-state index contributed by atoms with van der Waals surface area (Å²) in [7, 11) is 4.06. The number of oxazole rings is 1. The first-order valence-electron chi connectivity index (χ1n) is 7.15. The van der Waals surface area contributed by atoms with Crippen molar-refractivity contribution in [1.29, 1.82) is 0 Å². The van der Waals surface area contributed by atoms with Crippen LogP contribution in [0.3, 0.4) is 0 Å². The van der Waals surface area contributed by atoms with Crippen LogP contribution in [0.5, 0.6) is 0 Å². The monoisotopic (exact) mass is 315 g/mol. The molecule has 1 aromatic heterocycles. The van der Waals surface area contributed by atoms with Gasteiger partial charge in [0.05, 0.1) is 6.04 Å². The molecule has 0 aliphatic rings. The number of nitrogens with zero attached hydrogens (tertiary/aromatic N) is 2. The Balaban J connectivity index is 1.78. The minimum atomic E-state index is 0.128. The second kappa shape index (κ2) is 6.38. The summed E-state index contributed by atoms with van der Waals surface area (Å²) < 4.78 is 5.69. The van der Waals surface area contributed by atoms with E-state index in [-0.39, 0.29) is 6.04 Å². The Kier molecular flexibility index (Phi) is 4.32. The van der Waals surface area contributed by atoms with Crippen molar-refractivity contribution in [2.24, 2.45) is 0 Å². The third-order valence-corrected chi connectivity index (χ3v) is 3.97. The Morgan fingerprint density at radius 2 is 1.86 bits per heavy atom. The largest absolute Gasteiger partial charge is 0.424 e. The summed E-state index contributed by atoms with van der Waals surface area (Å²) in [5, 5.41) is 4.03. The van der Waals surface area contributed by atoms with Crippen LogP contribution in [-0.4, -0.2) is 30.5 Å². The lowest BCUT2D eigenvalue weighted by atomic mass is 10.1. The van der Waals surface area contributed by atoms with E-state index in [1.165, 1.54) is 0 Å². The SMILES string of the molecule is CN(C)[C@@H](CNc1nc2ccccc2o1)c1ccccc1Cl. The second-order valence-electron chi connectivity index (χ2n) is 5.37. The number of rotatable bonds is 5. The topological polar surface area (TPSA) is 41.3 Å². The second-order valence-corrected chi connectivity index (χ2v) is 5.78. The lowest BCUT2D eigenvalue weighted by Crippen LogP contribution is -2.27. The van der Waals surface area contributed by atoms with Crippen LogP contribution in [0.4, 0.5) is 6.01 Å². The van der Waals surface area contributed by atoms with Crippen LogP contribution in [0, 0.1) is 0 Å². The minimum Gasteiger partial charge on any atom is -0.424 e. The van der Waals surface area contributed by atoms with Gasteiger partial charge in [0, 0.05) is 11.6 Å². The molecule has 0 aliphatic carbocycles. The van der Waals surface area contributed by atoms with Gasteiger partial charge >= 0.3 is 0 Å². The smallest absolute Gasteiger partial charge is 0.295 e. The summed E-state index contributed by atoms with van der Waals surface area (Å²) >= 11 is 6.32. The molecular formula is C17H18ClN3O. The quantitative estimate of drug-likeness (QED) is 0.766. The molecule has 0 saturated heterocycles. The van der Waals surface area contributed by atoms with Crippen LogP contribution in [0.15, 0.2) is 52.9 Å². The molecule has 0 aliphatic heterocycles. The molecular weight excluding hydrogens is 298 g/mol. The van der Waals surface area contributed by atoms with Crippen LogP contribution in [-0.2, 0) is 0 Å². The number of aromatic nitrogens is 1. The fraction of sp³-hybridized carbons (Fsp3) is 0.235. The van der Waals surface area contributed by atoms with Crippen molar-refractivity contribution in [2.45, 2.75) is 6.04 Å². The van der Waals surface area contributed by atoms with Crippen molar-refractivity contribution in [3.63, 3.8) is 0 Å². The van der Waals surface area contributed by atoms with E-state index in [1.807, 2.05) is 62.6 Å². The molecule has 0 unspecified atom stereocenters. The zero-order valence-electron chi connectivity index (χ0n) is 12.6. The Hall–Kier alpha value is -2.04. The number of hydrogen-bond donors (Lipinski definition) is 1. The molecule has 22 heavy (non-hydrogen) atoms. The average Bonchev–Trinajstić information content (AvgIpc) is 2.91. The van der Waals surface area contributed by atoms with E-state index >= 15 is 0 Å². The normalized spacial score (nSPS) is 12.7. The summed E-state index contributed by atoms with van der Waals surface area (Å²) in [4.78, 5) is 6.55. The van der Waals surface area contributed by atoms with Gasteiger partial charge in [-0.1, -0.05) is 41.9 Å². The molecule has 5 heteroatoms. The molecule has 1 N–H and O–H groups in total. The standard InChI is InChI=1S/C17H18ClN3O/c1-21(2)15(12-7-3-4-8-13(12)18)11-19-17-20-14-9-5-6-10-16(14)22-17/h3-10,15H,11H2,1-2H3,(H,19,20)/t15-/m0/s1. The molecule has 2 aromatic carbocycles. The summed E-state index contributed by atoms with van der Waals surface area (Å²) in [6, 6.07) is 16.3. The lowest BCUT2D eigenvalue weighted by molar-refractivity contribution is 0.310. The molecule has 0 fully saturated rings. The predicted octanol–water partition coefficient (Wildman–Crippen LogP) is 4.20. The van der Waals surface area contributed by atoms with Crippen LogP contribution < -0.4 is 5.32 Å². The number of halogens is 1. The van der Waals surface area contributed by atoms with Crippen molar-refractivity contribution in [2.75, 3.05) is 26.0 Å². The van der Waals surface area contributed by atoms with Crippen LogP contribution in [0.25, 0.3) is 11.1 Å². The van der Waals surface area contributed by atoms with Crippen molar-refractivity contribution < 1.29 is 4.42 Å². The first kappa shape index (κ1) is 14.9. The Morgan fingerprint density at radius 3 is 2.59 bits per heavy atom. The molecule has 0 bridgehead atoms. The van der Waals surface area contributed by atoms with Crippen LogP contribution in [0.1, 0.15) is 11.6 Å². The highest BCUT2D eigenvalue weighted by atomic mass is 35.5. The number of benzene rings is 2. The minimum absolute atomic E-state index is 0.128. The number of anilines is 1. The molecule has 0 amide bonds. The molecule has 0 spiro atoms. The van der Waals surface area contributed by atoms with Gasteiger partial charge < -0.3 is 14.6 Å². The van der Waals surface area contributed by atoms with Gasteiger partial charge in [0.25, 0.3) is 6.01 Å². The van der Waals surface area contributed by atoms with Crippen LogP contribution >= 0.6 is 11.6 Å². The van der Waals surface area contributed by atoms with E-state index in [9.17, 15) is 0 Å². The van der Waals surface area contributed by atoms with E-state index in [0.29, 0.717) is 12.6 Å². The number of fused-ring (bicyclic) bond motifs is 1.